The van der Waals surface area contributed by atoms with Crippen LogP contribution in [-0.2, 0) is 11.3 Å². The molecule has 42 heavy (non-hydrogen) atoms. The first kappa shape index (κ1) is 25.7. The number of anilines is 2. The lowest BCUT2D eigenvalue weighted by Gasteiger charge is -2.20. The van der Waals surface area contributed by atoms with E-state index in [9.17, 15) is 13.6 Å². The predicted octanol–water partition coefficient (Wildman–Crippen LogP) is 4.59. The Morgan fingerprint density at radius 1 is 1.05 bits per heavy atom. The summed E-state index contributed by atoms with van der Waals surface area (Å²) in [5, 5.41) is 9.92. The van der Waals surface area contributed by atoms with Crippen molar-refractivity contribution in [3.8, 4) is 16.8 Å². The number of aromatic amines is 2. The van der Waals surface area contributed by atoms with Crippen molar-refractivity contribution in [2.75, 3.05) is 10.0 Å². The first-order valence-electron chi connectivity index (χ1n) is 13.1. The minimum atomic E-state index is -2.49. The van der Waals surface area contributed by atoms with Crippen LogP contribution in [-0.4, -0.2) is 42.9 Å². The Bertz CT molecular complexity index is 2200. The quantitative estimate of drug-likeness (QED) is 0.201. The fourth-order valence-electron chi connectivity index (χ4n) is 5.44. The van der Waals surface area contributed by atoms with Gasteiger partial charge in [0.05, 0.1) is 17.1 Å². The third kappa shape index (κ3) is 4.22. The SMILES string of the molecule is Cc1ccn2nc([C@H](C)Nc3ncnc4[nH]cc(-c5cc(NS(=O)[O-])cc6[nH]ccc56)c34)n(-c3ccccc3)c(=O)c12. The van der Waals surface area contributed by atoms with Crippen LogP contribution in [0.1, 0.15) is 24.4 Å². The van der Waals surface area contributed by atoms with Gasteiger partial charge in [0.15, 0.2) is 5.82 Å². The number of aryl methyl sites for hydroxylation is 1. The summed E-state index contributed by atoms with van der Waals surface area (Å²) in [6.45, 7) is 3.81. The average Bonchev–Trinajstić information content (AvgIpc) is 3.71. The summed E-state index contributed by atoms with van der Waals surface area (Å²) in [6, 6.07) is 16.2. The topological polar surface area (TPSA) is 161 Å². The van der Waals surface area contributed by atoms with E-state index in [1.165, 1.54) is 6.33 Å². The lowest BCUT2D eigenvalue weighted by molar-refractivity contribution is 0.542. The van der Waals surface area contributed by atoms with E-state index in [1.54, 1.807) is 33.6 Å². The second-order valence-corrected chi connectivity index (χ2v) is 10.6. The van der Waals surface area contributed by atoms with Crippen LogP contribution in [0.5, 0.6) is 0 Å². The molecule has 0 amide bonds. The number of nitrogens with zero attached hydrogens (tertiary/aromatic N) is 5. The third-order valence-electron chi connectivity index (χ3n) is 7.30. The van der Waals surface area contributed by atoms with Crippen LogP contribution in [0.4, 0.5) is 11.5 Å². The van der Waals surface area contributed by atoms with Gasteiger partial charge in [-0.1, -0.05) is 18.2 Å². The van der Waals surface area contributed by atoms with Crippen molar-refractivity contribution in [2.45, 2.75) is 19.9 Å². The summed E-state index contributed by atoms with van der Waals surface area (Å²) in [7, 11) is 0. The zero-order chi connectivity index (χ0) is 29.0. The van der Waals surface area contributed by atoms with Crippen molar-refractivity contribution < 1.29 is 8.76 Å². The molecule has 12 nitrogen and oxygen atoms in total. The normalized spacial score (nSPS) is 13.1. The van der Waals surface area contributed by atoms with E-state index in [4.69, 9.17) is 5.10 Å². The first-order valence-corrected chi connectivity index (χ1v) is 14.2. The van der Waals surface area contributed by atoms with Crippen LogP contribution in [0.3, 0.4) is 0 Å². The standard InChI is InChI=1S/C29H25N9O3S/c1-16-9-11-37-25(16)29(39)38(19-6-4-3-5-7-19)28(35-37)17(2)34-27-24-22(14-31-26(24)32-15-33-27)21-12-18(36-42(40)41)13-23-20(21)8-10-30-23/h3-15,17,30,36H,1-2H3,(H,40,41)(H2,31,32,33,34)/p-1/t17-/m0/s1. The van der Waals surface area contributed by atoms with Crippen LogP contribution >= 0.6 is 0 Å². The molecule has 0 aliphatic heterocycles. The van der Waals surface area contributed by atoms with E-state index in [2.05, 4.69) is 30.0 Å². The summed E-state index contributed by atoms with van der Waals surface area (Å²) >= 11 is -2.49. The number of benzene rings is 2. The number of hydrogen-bond acceptors (Lipinski definition) is 7. The maximum atomic E-state index is 13.8. The molecule has 0 bridgehead atoms. The first-order chi connectivity index (χ1) is 20.4. The van der Waals surface area contributed by atoms with E-state index in [0.29, 0.717) is 39.6 Å². The highest BCUT2D eigenvalue weighted by Gasteiger charge is 2.22. The van der Waals surface area contributed by atoms with Crippen LogP contribution < -0.4 is 15.6 Å². The Morgan fingerprint density at radius 3 is 2.69 bits per heavy atom. The van der Waals surface area contributed by atoms with Gasteiger partial charge in [-0.25, -0.2) is 14.5 Å². The maximum Gasteiger partial charge on any atom is 0.282 e. The Labute approximate surface area is 240 Å². The Morgan fingerprint density at radius 2 is 1.88 bits per heavy atom. The van der Waals surface area contributed by atoms with Gasteiger partial charge < -0.3 is 24.6 Å². The Balaban J connectivity index is 1.38. The summed E-state index contributed by atoms with van der Waals surface area (Å²) in [5.41, 5.74) is 5.20. The maximum absolute atomic E-state index is 13.8. The molecule has 0 saturated carbocycles. The smallest absolute Gasteiger partial charge is 0.282 e. The zero-order valence-electron chi connectivity index (χ0n) is 22.5. The van der Waals surface area contributed by atoms with E-state index in [-0.39, 0.29) is 5.56 Å². The lowest BCUT2D eigenvalue weighted by atomic mass is 10.0. The summed E-state index contributed by atoms with van der Waals surface area (Å²) < 4.78 is 28.5. The highest BCUT2D eigenvalue weighted by molar-refractivity contribution is 7.80. The molecule has 2 atom stereocenters. The van der Waals surface area contributed by atoms with Gasteiger partial charge in [0.25, 0.3) is 5.56 Å². The van der Waals surface area contributed by atoms with Gasteiger partial charge in [-0.3, -0.25) is 13.6 Å². The van der Waals surface area contributed by atoms with E-state index in [0.717, 1.165) is 27.6 Å². The number of H-pyrrole nitrogens is 2. The highest BCUT2D eigenvalue weighted by atomic mass is 32.2. The fraction of sp³-hybridized carbons (Fsp3) is 0.103. The minimum absolute atomic E-state index is 0.174. The number of para-hydroxylation sites is 1. The van der Waals surface area contributed by atoms with Crippen molar-refractivity contribution in [1.29, 1.82) is 0 Å². The molecule has 210 valence electrons. The molecule has 0 fully saturated rings. The fourth-order valence-corrected chi connectivity index (χ4v) is 5.75. The van der Waals surface area contributed by atoms with Crippen molar-refractivity contribution >= 4 is 50.2 Å². The second-order valence-electron chi connectivity index (χ2n) is 9.94. The molecule has 1 unspecified atom stereocenters. The molecule has 5 aromatic heterocycles. The molecule has 0 aliphatic carbocycles. The largest absolute Gasteiger partial charge is 0.755 e. The molecule has 7 rings (SSSR count). The average molecular weight is 579 g/mol. The summed E-state index contributed by atoms with van der Waals surface area (Å²) in [5.74, 6) is 1.02. The molecular formula is C29H24N9O3S-. The van der Waals surface area contributed by atoms with E-state index >= 15 is 0 Å². The number of nitrogens with one attached hydrogen (secondary N) is 4. The predicted molar refractivity (Wildman–Crippen MR) is 161 cm³/mol. The summed E-state index contributed by atoms with van der Waals surface area (Å²) in [6.07, 6.45) is 6.86. The molecule has 0 radical (unpaired) electrons. The van der Waals surface area contributed by atoms with Gasteiger partial charge in [0.1, 0.15) is 23.3 Å². The van der Waals surface area contributed by atoms with Crippen LogP contribution in [0.15, 0.2) is 84.3 Å². The van der Waals surface area contributed by atoms with Crippen molar-refractivity contribution in [1.82, 2.24) is 34.1 Å². The van der Waals surface area contributed by atoms with Gasteiger partial charge in [-0.05, 0) is 61.4 Å². The van der Waals surface area contributed by atoms with Gasteiger partial charge in [0, 0.05) is 52.0 Å². The molecule has 13 heteroatoms. The minimum Gasteiger partial charge on any atom is -0.755 e. The van der Waals surface area contributed by atoms with Gasteiger partial charge in [-0.15, -0.1) is 0 Å². The molecule has 7 aromatic rings. The molecule has 0 spiro atoms. The van der Waals surface area contributed by atoms with Crippen LogP contribution in [0.2, 0.25) is 0 Å². The summed E-state index contributed by atoms with van der Waals surface area (Å²) in [4.78, 5) is 29.2. The van der Waals surface area contributed by atoms with E-state index < -0.39 is 17.3 Å². The molecule has 0 saturated heterocycles. The molecular weight excluding hydrogens is 554 g/mol. The monoisotopic (exact) mass is 578 g/mol. The molecule has 0 aliphatic rings. The Hall–Kier alpha value is -5.27. The van der Waals surface area contributed by atoms with Crippen molar-refractivity contribution in [2.24, 2.45) is 0 Å². The number of hydrogen-bond donors (Lipinski definition) is 4. The second kappa shape index (κ2) is 9.98. The Kier molecular flexibility index (Phi) is 6.10. The van der Waals surface area contributed by atoms with Gasteiger partial charge in [-0.2, -0.15) is 5.10 Å². The zero-order valence-corrected chi connectivity index (χ0v) is 23.3. The van der Waals surface area contributed by atoms with E-state index in [1.807, 2.05) is 62.5 Å². The molecule has 4 N–H and O–H groups in total. The number of rotatable bonds is 7. The van der Waals surface area contributed by atoms with Gasteiger partial charge >= 0.3 is 0 Å². The van der Waals surface area contributed by atoms with Crippen molar-refractivity contribution in [3.63, 3.8) is 0 Å². The number of fused-ring (bicyclic) bond motifs is 3. The lowest BCUT2D eigenvalue weighted by Crippen LogP contribution is -2.29. The van der Waals surface area contributed by atoms with Crippen LogP contribution in [0, 0.1) is 6.92 Å². The van der Waals surface area contributed by atoms with Gasteiger partial charge in [0.2, 0.25) is 0 Å². The molecule has 5 heterocycles. The molecule has 2 aromatic carbocycles. The number of aromatic nitrogens is 7. The highest BCUT2D eigenvalue weighted by Crippen LogP contribution is 2.38. The van der Waals surface area contributed by atoms with Crippen molar-refractivity contribution in [3.05, 3.63) is 101 Å². The third-order valence-corrected chi connectivity index (χ3v) is 7.70. The van der Waals surface area contributed by atoms with Crippen LogP contribution in [0.25, 0.3) is 44.3 Å².